The first kappa shape index (κ1) is 16.1. The van der Waals surface area contributed by atoms with E-state index in [1.54, 1.807) is 0 Å². The zero-order valence-corrected chi connectivity index (χ0v) is 14.4. The molecule has 0 fully saturated rings. The summed E-state index contributed by atoms with van der Waals surface area (Å²) in [5, 5.41) is 4.74. The van der Waals surface area contributed by atoms with Crippen molar-refractivity contribution < 1.29 is 0 Å². The average Bonchev–Trinajstić information content (AvgIpc) is 2.79. The van der Waals surface area contributed by atoms with Gasteiger partial charge in [0.2, 0.25) is 0 Å². The Morgan fingerprint density at radius 1 is 1.14 bits per heavy atom. The molecule has 0 aliphatic carbocycles. The maximum Gasteiger partial charge on any atom is 0.108 e. The van der Waals surface area contributed by atoms with Gasteiger partial charge >= 0.3 is 0 Å². The van der Waals surface area contributed by atoms with Gasteiger partial charge in [0.25, 0.3) is 0 Å². The summed E-state index contributed by atoms with van der Waals surface area (Å²) in [5.41, 5.74) is 2.43. The van der Waals surface area contributed by atoms with E-state index in [1.165, 1.54) is 15.4 Å². The van der Waals surface area contributed by atoms with Crippen LogP contribution < -0.4 is 5.32 Å². The van der Waals surface area contributed by atoms with Crippen LogP contribution in [0.3, 0.4) is 0 Å². The Balaban J connectivity index is 2.30. The summed E-state index contributed by atoms with van der Waals surface area (Å²) in [7, 11) is 4.16. The van der Waals surface area contributed by atoms with Crippen LogP contribution in [0.15, 0.2) is 30.3 Å². The maximum absolute atomic E-state index is 4.86. The van der Waals surface area contributed by atoms with Crippen molar-refractivity contribution in [2.45, 2.75) is 39.4 Å². The molecular formula is C17H25N3S. The minimum Gasteiger partial charge on any atom is -0.307 e. The van der Waals surface area contributed by atoms with E-state index in [9.17, 15) is 0 Å². The van der Waals surface area contributed by atoms with E-state index in [0.29, 0.717) is 0 Å². The second kappa shape index (κ2) is 6.69. The van der Waals surface area contributed by atoms with E-state index >= 15 is 0 Å². The number of nitrogens with zero attached hydrogens (tertiary/aromatic N) is 2. The molecular weight excluding hydrogens is 278 g/mol. The molecule has 0 spiro atoms. The molecule has 1 aromatic carbocycles. The molecule has 4 heteroatoms. The van der Waals surface area contributed by atoms with Crippen molar-refractivity contribution >= 4 is 11.3 Å². The lowest BCUT2D eigenvalue weighted by Gasteiger charge is -2.20. The Labute approximate surface area is 132 Å². The Morgan fingerprint density at radius 3 is 2.38 bits per heavy atom. The van der Waals surface area contributed by atoms with Gasteiger partial charge in [-0.25, -0.2) is 4.98 Å². The normalized spacial score (nSPS) is 12.1. The molecule has 0 radical (unpaired) electrons. The Bertz CT molecular complexity index is 567. The second-order valence-corrected chi connectivity index (χ2v) is 7.75. The molecule has 0 aliphatic heterocycles. The summed E-state index contributed by atoms with van der Waals surface area (Å²) >= 11 is 1.81. The average molecular weight is 303 g/mol. The number of hydrogen-bond donors (Lipinski definition) is 1. The molecule has 1 heterocycles. The van der Waals surface area contributed by atoms with Crippen molar-refractivity contribution in [3.8, 4) is 11.3 Å². The fraction of sp³-hybridized carbons (Fsp3) is 0.471. The molecule has 114 valence electrons. The second-order valence-electron chi connectivity index (χ2n) is 6.59. The van der Waals surface area contributed by atoms with Crippen molar-refractivity contribution in [2.24, 2.45) is 0 Å². The van der Waals surface area contributed by atoms with Crippen LogP contribution in [-0.4, -0.2) is 29.5 Å². The summed E-state index contributed by atoms with van der Waals surface area (Å²) in [6, 6.07) is 10.5. The Hall–Kier alpha value is -1.23. The zero-order valence-electron chi connectivity index (χ0n) is 13.6. The van der Waals surface area contributed by atoms with Gasteiger partial charge in [0.05, 0.1) is 5.69 Å². The monoisotopic (exact) mass is 303 g/mol. The third-order valence-electron chi connectivity index (χ3n) is 3.02. The van der Waals surface area contributed by atoms with Gasteiger partial charge in [0.15, 0.2) is 0 Å². The molecule has 21 heavy (non-hydrogen) atoms. The number of aromatic nitrogens is 1. The van der Waals surface area contributed by atoms with Crippen molar-refractivity contribution in [1.82, 2.24) is 15.2 Å². The first-order valence-corrected chi connectivity index (χ1v) is 8.10. The van der Waals surface area contributed by atoms with E-state index in [4.69, 9.17) is 4.98 Å². The molecule has 1 aromatic heterocycles. The van der Waals surface area contributed by atoms with E-state index in [-0.39, 0.29) is 5.54 Å². The fourth-order valence-electron chi connectivity index (χ4n) is 2.03. The van der Waals surface area contributed by atoms with Crippen LogP contribution in [0, 0.1) is 0 Å². The zero-order chi connectivity index (χ0) is 15.5. The maximum atomic E-state index is 4.86. The highest BCUT2D eigenvalue weighted by atomic mass is 32.1. The van der Waals surface area contributed by atoms with E-state index in [1.807, 2.05) is 17.4 Å². The van der Waals surface area contributed by atoms with Gasteiger partial charge in [0.1, 0.15) is 5.01 Å². The van der Waals surface area contributed by atoms with Crippen LogP contribution in [0.4, 0.5) is 0 Å². The summed E-state index contributed by atoms with van der Waals surface area (Å²) in [5.74, 6) is 0. The molecule has 0 atom stereocenters. The molecule has 0 unspecified atom stereocenters. The minimum atomic E-state index is 0.111. The first-order chi connectivity index (χ1) is 9.85. The third kappa shape index (κ3) is 4.92. The highest BCUT2D eigenvalue weighted by Gasteiger charge is 2.16. The lowest BCUT2D eigenvalue weighted by Crippen LogP contribution is -2.34. The van der Waals surface area contributed by atoms with Crippen LogP contribution in [0.1, 0.15) is 30.7 Å². The predicted octanol–water partition coefficient (Wildman–Crippen LogP) is 3.76. The molecule has 3 nitrogen and oxygen atoms in total. The van der Waals surface area contributed by atoms with Gasteiger partial charge in [0, 0.05) is 29.1 Å². The summed E-state index contributed by atoms with van der Waals surface area (Å²) in [6.07, 6.45) is 0. The first-order valence-electron chi connectivity index (χ1n) is 7.29. The Morgan fingerprint density at radius 2 is 1.81 bits per heavy atom. The summed E-state index contributed by atoms with van der Waals surface area (Å²) in [4.78, 5) is 8.33. The smallest absolute Gasteiger partial charge is 0.108 e. The van der Waals surface area contributed by atoms with Gasteiger partial charge in [-0.3, -0.25) is 0 Å². The topological polar surface area (TPSA) is 28.2 Å². The summed E-state index contributed by atoms with van der Waals surface area (Å²) < 4.78 is 0. The highest BCUT2D eigenvalue weighted by molar-refractivity contribution is 7.12. The van der Waals surface area contributed by atoms with Crippen LogP contribution >= 0.6 is 11.3 Å². The van der Waals surface area contributed by atoms with Crippen LogP contribution in [-0.2, 0) is 13.1 Å². The number of thiazole rings is 1. The predicted molar refractivity (Wildman–Crippen MR) is 91.5 cm³/mol. The standard InChI is InChI=1S/C17H25N3S/c1-17(2,3)18-11-14-16(13-9-7-6-8-10-13)19-15(21-14)12-20(4)5/h6-10,18H,11-12H2,1-5H3. The van der Waals surface area contributed by atoms with Gasteiger partial charge in [-0.15, -0.1) is 11.3 Å². The SMILES string of the molecule is CN(C)Cc1nc(-c2ccccc2)c(CNC(C)(C)C)s1. The lowest BCUT2D eigenvalue weighted by atomic mass is 10.1. The summed E-state index contributed by atoms with van der Waals surface area (Å²) in [6.45, 7) is 8.32. The minimum absolute atomic E-state index is 0.111. The molecule has 1 N–H and O–H groups in total. The van der Waals surface area contributed by atoms with Gasteiger partial charge < -0.3 is 10.2 Å². The molecule has 2 aromatic rings. The lowest BCUT2D eigenvalue weighted by molar-refractivity contribution is 0.402. The van der Waals surface area contributed by atoms with Crippen LogP contribution in [0.2, 0.25) is 0 Å². The molecule has 0 aliphatic rings. The van der Waals surface area contributed by atoms with Crippen molar-refractivity contribution in [3.63, 3.8) is 0 Å². The number of benzene rings is 1. The molecule has 0 amide bonds. The quantitative estimate of drug-likeness (QED) is 0.911. The third-order valence-corrected chi connectivity index (χ3v) is 4.06. The molecule has 0 saturated heterocycles. The van der Waals surface area contributed by atoms with E-state index < -0.39 is 0 Å². The molecule has 2 rings (SSSR count). The molecule has 0 saturated carbocycles. The number of hydrogen-bond acceptors (Lipinski definition) is 4. The van der Waals surface area contributed by atoms with Crippen LogP contribution in [0.25, 0.3) is 11.3 Å². The van der Waals surface area contributed by atoms with Crippen molar-refractivity contribution in [2.75, 3.05) is 14.1 Å². The largest absolute Gasteiger partial charge is 0.307 e. The highest BCUT2D eigenvalue weighted by Crippen LogP contribution is 2.29. The van der Waals surface area contributed by atoms with E-state index in [2.05, 4.69) is 69.3 Å². The number of nitrogens with one attached hydrogen (secondary N) is 1. The van der Waals surface area contributed by atoms with Crippen molar-refractivity contribution in [3.05, 3.63) is 40.2 Å². The number of rotatable bonds is 5. The van der Waals surface area contributed by atoms with Crippen LogP contribution in [0.5, 0.6) is 0 Å². The fourth-order valence-corrected chi connectivity index (χ4v) is 3.17. The molecule has 0 bridgehead atoms. The van der Waals surface area contributed by atoms with E-state index in [0.717, 1.165) is 18.8 Å². The van der Waals surface area contributed by atoms with Gasteiger partial charge in [-0.05, 0) is 34.9 Å². The Kier molecular flexibility index (Phi) is 5.14. The van der Waals surface area contributed by atoms with Crippen molar-refractivity contribution in [1.29, 1.82) is 0 Å². The van der Waals surface area contributed by atoms with Gasteiger partial charge in [-0.1, -0.05) is 30.3 Å². The van der Waals surface area contributed by atoms with Gasteiger partial charge in [-0.2, -0.15) is 0 Å².